The van der Waals surface area contributed by atoms with E-state index in [2.05, 4.69) is 62.5 Å². The molecule has 3 unspecified atom stereocenters. The molecule has 0 heterocycles. The van der Waals surface area contributed by atoms with Crippen LogP contribution in [0, 0.1) is 0 Å². The normalized spacial score (nSPS) is 13.8. The summed E-state index contributed by atoms with van der Waals surface area (Å²) in [6.07, 6.45) is 58.5. The Morgan fingerprint density at radius 1 is 0.500 bits per heavy atom. The van der Waals surface area contributed by atoms with Gasteiger partial charge in [-0.1, -0.05) is 223 Å². The minimum absolute atomic E-state index is 0.0447. The Kier molecular flexibility index (Phi) is 45.7. The van der Waals surface area contributed by atoms with Crippen LogP contribution in [-0.2, 0) is 14.3 Å². The zero-order valence-electron chi connectivity index (χ0n) is 39.6. The molecule has 3 N–H and O–H groups in total. The second-order valence-electron chi connectivity index (χ2n) is 17.3. The van der Waals surface area contributed by atoms with Crippen LogP contribution in [0.15, 0.2) is 60.8 Å². The average Bonchev–Trinajstić information content (AvgIpc) is 3.24. The highest BCUT2D eigenvalue weighted by Gasteiger charge is 2.24. The van der Waals surface area contributed by atoms with E-state index in [0.717, 1.165) is 83.5 Å². The third-order valence-corrected chi connectivity index (χ3v) is 11.4. The van der Waals surface area contributed by atoms with Gasteiger partial charge in [0, 0.05) is 6.42 Å². The van der Waals surface area contributed by atoms with Crippen LogP contribution in [0.25, 0.3) is 0 Å². The SMILES string of the molecule is CC/C=C/C=C/C=C/C=C\CCCCCC(CC(=O)NC(CO)C(O)CCCCCCCCCCCCCCCC)OC(=O)CCCCC/C=C\CCCCCCCCC. The van der Waals surface area contributed by atoms with Gasteiger partial charge in [-0.3, -0.25) is 9.59 Å². The predicted molar refractivity (Wildman–Crippen MR) is 259 cm³/mol. The Morgan fingerprint density at radius 2 is 0.917 bits per heavy atom. The van der Waals surface area contributed by atoms with Gasteiger partial charge in [0.1, 0.15) is 6.10 Å². The molecule has 0 aliphatic rings. The zero-order chi connectivity index (χ0) is 43.8. The van der Waals surface area contributed by atoms with Crippen LogP contribution in [-0.4, -0.2) is 46.9 Å². The van der Waals surface area contributed by atoms with Crippen LogP contribution in [0.2, 0.25) is 0 Å². The van der Waals surface area contributed by atoms with Crippen molar-refractivity contribution in [3.05, 3.63) is 60.8 Å². The van der Waals surface area contributed by atoms with Crippen LogP contribution in [0.4, 0.5) is 0 Å². The molecule has 0 aliphatic heterocycles. The summed E-state index contributed by atoms with van der Waals surface area (Å²) >= 11 is 0. The van der Waals surface area contributed by atoms with Crippen molar-refractivity contribution in [2.24, 2.45) is 0 Å². The number of hydrogen-bond donors (Lipinski definition) is 3. The number of carbonyl (C=O) groups excluding carboxylic acids is 2. The van der Waals surface area contributed by atoms with Crippen molar-refractivity contribution in [1.29, 1.82) is 0 Å². The maximum absolute atomic E-state index is 13.2. The largest absolute Gasteiger partial charge is 0.462 e. The number of aliphatic hydroxyl groups excluding tert-OH is 2. The average molecular weight is 840 g/mol. The molecule has 0 saturated heterocycles. The molecule has 6 heteroatoms. The van der Waals surface area contributed by atoms with E-state index in [-0.39, 0.29) is 24.9 Å². The molecule has 348 valence electrons. The van der Waals surface area contributed by atoms with Crippen molar-refractivity contribution in [3.63, 3.8) is 0 Å². The van der Waals surface area contributed by atoms with Gasteiger partial charge in [-0.2, -0.15) is 0 Å². The first-order chi connectivity index (χ1) is 29.5. The lowest BCUT2D eigenvalue weighted by Gasteiger charge is -2.24. The molecule has 0 saturated carbocycles. The van der Waals surface area contributed by atoms with Crippen LogP contribution >= 0.6 is 0 Å². The number of unbranched alkanes of at least 4 members (excludes halogenated alkanes) is 26. The van der Waals surface area contributed by atoms with Gasteiger partial charge in [-0.05, 0) is 70.6 Å². The van der Waals surface area contributed by atoms with E-state index in [1.54, 1.807) is 0 Å². The summed E-state index contributed by atoms with van der Waals surface area (Å²) in [4.78, 5) is 26.1. The van der Waals surface area contributed by atoms with E-state index in [0.29, 0.717) is 19.3 Å². The monoisotopic (exact) mass is 840 g/mol. The van der Waals surface area contributed by atoms with E-state index in [1.165, 1.54) is 116 Å². The fraction of sp³-hybridized carbons (Fsp3) is 0.778. The van der Waals surface area contributed by atoms with Crippen molar-refractivity contribution < 1.29 is 24.5 Å². The number of hydrogen-bond acceptors (Lipinski definition) is 5. The molecule has 3 atom stereocenters. The molecular weight excluding hydrogens is 743 g/mol. The minimum Gasteiger partial charge on any atom is -0.462 e. The molecule has 0 aromatic heterocycles. The summed E-state index contributed by atoms with van der Waals surface area (Å²) in [6.45, 7) is 6.33. The van der Waals surface area contributed by atoms with Gasteiger partial charge < -0.3 is 20.3 Å². The number of esters is 1. The minimum atomic E-state index is -0.802. The summed E-state index contributed by atoms with van der Waals surface area (Å²) in [5, 5.41) is 23.7. The Balaban J connectivity index is 4.64. The fourth-order valence-electron chi connectivity index (χ4n) is 7.55. The highest BCUT2D eigenvalue weighted by atomic mass is 16.5. The molecule has 60 heavy (non-hydrogen) atoms. The Morgan fingerprint density at radius 3 is 1.43 bits per heavy atom. The molecule has 0 radical (unpaired) electrons. The van der Waals surface area contributed by atoms with Gasteiger partial charge in [0.05, 0.1) is 25.2 Å². The van der Waals surface area contributed by atoms with Crippen LogP contribution in [0.5, 0.6) is 0 Å². The van der Waals surface area contributed by atoms with Crippen LogP contribution < -0.4 is 5.32 Å². The second-order valence-corrected chi connectivity index (χ2v) is 17.3. The number of ether oxygens (including phenoxy) is 1. The van der Waals surface area contributed by atoms with Gasteiger partial charge in [0.25, 0.3) is 0 Å². The molecule has 0 aliphatic carbocycles. The molecular formula is C54H97NO5. The van der Waals surface area contributed by atoms with Crippen molar-refractivity contribution in [1.82, 2.24) is 5.32 Å². The van der Waals surface area contributed by atoms with Gasteiger partial charge in [-0.15, -0.1) is 0 Å². The summed E-state index contributed by atoms with van der Waals surface area (Å²) in [5.74, 6) is -0.531. The van der Waals surface area contributed by atoms with Crippen LogP contribution in [0.1, 0.15) is 245 Å². The standard InChI is InChI=1S/C54H97NO5/c1-4-7-10-13-16-19-22-25-28-31-34-37-40-43-46-52(57)51(49-56)55-53(58)48-50(45-42-39-36-33-30-27-24-21-18-15-12-9-6-3)60-54(59)47-44-41-38-35-32-29-26-23-20-17-14-11-8-5-2/h9,12,15,18,21,24,27,29-30,32,50-52,56-57H,4-8,10-11,13-14,16-17,19-20,22-23,25-26,28,31,33-49H2,1-3H3,(H,55,58)/b12-9+,18-15+,24-21+,30-27-,32-29-. The number of allylic oxidation sites excluding steroid dienone is 10. The number of nitrogens with one attached hydrogen (secondary N) is 1. The maximum atomic E-state index is 13.2. The Bertz CT molecular complexity index is 1080. The number of carbonyl (C=O) groups is 2. The van der Waals surface area contributed by atoms with Crippen LogP contribution in [0.3, 0.4) is 0 Å². The second kappa shape index (κ2) is 47.6. The molecule has 0 fully saturated rings. The van der Waals surface area contributed by atoms with E-state index in [4.69, 9.17) is 4.74 Å². The first-order valence-corrected chi connectivity index (χ1v) is 25.6. The number of amides is 1. The summed E-state index contributed by atoms with van der Waals surface area (Å²) in [6, 6.07) is -0.718. The summed E-state index contributed by atoms with van der Waals surface area (Å²) in [5.41, 5.74) is 0. The van der Waals surface area contributed by atoms with Crippen molar-refractivity contribution >= 4 is 11.9 Å². The fourth-order valence-corrected chi connectivity index (χ4v) is 7.55. The highest BCUT2D eigenvalue weighted by Crippen LogP contribution is 2.17. The van der Waals surface area contributed by atoms with Gasteiger partial charge in [0.15, 0.2) is 0 Å². The lowest BCUT2D eigenvalue weighted by molar-refractivity contribution is -0.151. The highest BCUT2D eigenvalue weighted by molar-refractivity contribution is 5.77. The maximum Gasteiger partial charge on any atom is 0.306 e. The molecule has 6 nitrogen and oxygen atoms in total. The lowest BCUT2D eigenvalue weighted by atomic mass is 10.0. The van der Waals surface area contributed by atoms with Crippen molar-refractivity contribution in [2.45, 2.75) is 264 Å². The van der Waals surface area contributed by atoms with Gasteiger partial charge in [-0.25, -0.2) is 0 Å². The van der Waals surface area contributed by atoms with Crippen molar-refractivity contribution in [2.75, 3.05) is 6.61 Å². The quantitative estimate of drug-likeness (QED) is 0.0246. The van der Waals surface area contributed by atoms with Gasteiger partial charge in [0.2, 0.25) is 5.91 Å². The first-order valence-electron chi connectivity index (χ1n) is 25.6. The Labute approximate surface area is 371 Å². The van der Waals surface area contributed by atoms with E-state index in [1.807, 2.05) is 24.3 Å². The van der Waals surface area contributed by atoms with Crippen molar-refractivity contribution in [3.8, 4) is 0 Å². The summed E-state index contributed by atoms with van der Waals surface area (Å²) in [7, 11) is 0. The number of aliphatic hydroxyl groups is 2. The molecule has 1 amide bonds. The van der Waals surface area contributed by atoms with E-state index >= 15 is 0 Å². The number of rotatable bonds is 45. The topological polar surface area (TPSA) is 95.9 Å². The Hall–Kier alpha value is -2.44. The zero-order valence-corrected chi connectivity index (χ0v) is 39.6. The molecule has 0 bridgehead atoms. The third kappa shape index (κ3) is 42.3. The molecule has 0 aromatic carbocycles. The van der Waals surface area contributed by atoms with E-state index < -0.39 is 18.2 Å². The molecule has 0 rings (SSSR count). The van der Waals surface area contributed by atoms with E-state index in [9.17, 15) is 19.8 Å². The third-order valence-electron chi connectivity index (χ3n) is 11.4. The smallest absolute Gasteiger partial charge is 0.306 e. The first kappa shape index (κ1) is 57.6. The molecule has 0 aromatic rings. The predicted octanol–water partition coefficient (Wildman–Crippen LogP) is 15.2. The lowest BCUT2D eigenvalue weighted by Crippen LogP contribution is -2.46. The summed E-state index contributed by atoms with van der Waals surface area (Å²) < 4.78 is 5.90. The van der Waals surface area contributed by atoms with Gasteiger partial charge >= 0.3 is 5.97 Å². The molecule has 0 spiro atoms.